The number of nitrogens with one attached hydrogen (secondary N) is 1. The normalized spacial score (nSPS) is 20.1. The summed E-state index contributed by atoms with van der Waals surface area (Å²) in [6.45, 7) is 2.05. The molecule has 24 heavy (non-hydrogen) atoms. The first-order valence-corrected chi connectivity index (χ1v) is 8.49. The van der Waals surface area contributed by atoms with Gasteiger partial charge in [-0.1, -0.05) is 36.4 Å². The van der Waals surface area contributed by atoms with E-state index in [0.29, 0.717) is 12.3 Å². The molecule has 1 aliphatic rings. The lowest BCUT2D eigenvalue weighted by Crippen LogP contribution is -2.13. The van der Waals surface area contributed by atoms with E-state index in [1.165, 1.54) is 6.20 Å². The van der Waals surface area contributed by atoms with Gasteiger partial charge >= 0.3 is 0 Å². The van der Waals surface area contributed by atoms with E-state index in [9.17, 15) is 9.90 Å². The third-order valence-electron chi connectivity index (χ3n) is 4.24. The molecule has 0 bridgehead atoms. The number of hydrogen-bond donors (Lipinski definition) is 3. The van der Waals surface area contributed by atoms with Gasteiger partial charge in [0.05, 0.1) is 0 Å². The number of hydrogen-bond acceptors (Lipinski definition) is 4. The Bertz CT molecular complexity index is 624. The van der Waals surface area contributed by atoms with Gasteiger partial charge in [0.15, 0.2) is 0 Å². The van der Waals surface area contributed by atoms with E-state index >= 15 is 0 Å². The summed E-state index contributed by atoms with van der Waals surface area (Å²) in [4.78, 5) is 10.6. The van der Waals surface area contributed by atoms with Crippen LogP contribution in [0.3, 0.4) is 0 Å². The standard InChI is InChI=1S/C20H26N2O2/c21-15-17(7-3-4-13-23)19(18-8-1-2-9-20(18)24)14-16-6-5-11-22-12-10-16/h1-3,7-9,13-16,22,24H,4-6,10-12,21H2/b7-3-,17-15+,19-14-. The minimum absolute atomic E-state index is 0.235. The smallest absolute Gasteiger partial charge is 0.123 e. The van der Waals surface area contributed by atoms with Crippen LogP contribution in [0.5, 0.6) is 5.75 Å². The van der Waals surface area contributed by atoms with Gasteiger partial charge in [-0.15, -0.1) is 0 Å². The van der Waals surface area contributed by atoms with E-state index in [4.69, 9.17) is 5.73 Å². The first-order chi connectivity index (χ1) is 11.8. The molecule has 4 N–H and O–H groups in total. The van der Waals surface area contributed by atoms with Crippen molar-refractivity contribution in [3.8, 4) is 5.75 Å². The van der Waals surface area contributed by atoms with Crippen molar-refractivity contribution < 1.29 is 9.90 Å². The second kappa shape index (κ2) is 9.73. The highest BCUT2D eigenvalue weighted by molar-refractivity contribution is 5.84. The third kappa shape index (κ3) is 5.10. The highest BCUT2D eigenvalue weighted by Gasteiger charge is 2.15. The zero-order valence-corrected chi connectivity index (χ0v) is 13.9. The summed E-state index contributed by atoms with van der Waals surface area (Å²) in [6, 6.07) is 7.29. The highest BCUT2D eigenvalue weighted by Crippen LogP contribution is 2.33. The van der Waals surface area contributed by atoms with Gasteiger partial charge in [0, 0.05) is 18.2 Å². The van der Waals surface area contributed by atoms with Crippen molar-refractivity contribution in [2.45, 2.75) is 25.7 Å². The molecule has 1 aliphatic heterocycles. The molecule has 1 atom stereocenters. The van der Waals surface area contributed by atoms with Gasteiger partial charge in [0.25, 0.3) is 0 Å². The molecule has 2 rings (SSSR count). The fourth-order valence-electron chi connectivity index (χ4n) is 2.98. The molecule has 4 nitrogen and oxygen atoms in total. The molecule has 1 aromatic carbocycles. The molecule has 128 valence electrons. The first-order valence-electron chi connectivity index (χ1n) is 8.49. The van der Waals surface area contributed by atoms with Gasteiger partial charge < -0.3 is 21.0 Å². The Hall–Kier alpha value is -2.33. The Morgan fingerprint density at radius 3 is 2.88 bits per heavy atom. The zero-order chi connectivity index (χ0) is 17.2. The molecule has 0 saturated carbocycles. The molecular formula is C20H26N2O2. The molecule has 1 fully saturated rings. The summed E-state index contributed by atoms with van der Waals surface area (Å²) in [6.07, 6.45) is 11.9. The van der Waals surface area contributed by atoms with Crippen molar-refractivity contribution in [3.05, 3.63) is 59.8 Å². The second-order valence-corrected chi connectivity index (χ2v) is 5.97. The van der Waals surface area contributed by atoms with Crippen molar-refractivity contribution in [2.24, 2.45) is 11.7 Å². The summed E-state index contributed by atoms with van der Waals surface area (Å²) in [7, 11) is 0. The van der Waals surface area contributed by atoms with Gasteiger partial charge in [0.1, 0.15) is 12.0 Å². The van der Waals surface area contributed by atoms with Crippen LogP contribution in [0, 0.1) is 5.92 Å². The van der Waals surface area contributed by atoms with Crippen LogP contribution in [-0.2, 0) is 4.79 Å². The number of phenols is 1. The van der Waals surface area contributed by atoms with E-state index in [1.54, 1.807) is 18.2 Å². The maximum atomic E-state index is 10.6. The summed E-state index contributed by atoms with van der Waals surface area (Å²) in [5, 5.41) is 13.7. The molecule has 0 radical (unpaired) electrons. The molecule has 0 aliphatic carbocycles. The third-order valence-corrected chi connectivity index (χ3v) is 4.24. The minimum atomic E-state index is 0.235. The number of carbonyl (C=O) groups is 1. The largest absolute Gasteiger partial charge is 0.507 e. The van der Waals surface area contributed by atoms with Gasteiger partial charge in [-0.3, -0.25) is 0 Å². The molecular weight excluding hydrogens is 300 g/mol. The lowest BCUT2D eigenvalue weighted by molar-refractivity contribution is -0.107. The average molecular weight is 326 g/mol. The van der Waals surface area contributed by atoms with Crippen LogP contribution in [0.2, 0.25) is 0 Å². The summed E-state index contributed by atoms with van der Waals surface area (Å²) in [5.41, 5.74) is 8.35. The van der Waals surface area contributed by atoms with Crippen LogP contribution in [0.25, 0.3) is 5.57 Å². The van der Waals surface area contributed by atoms with Crippen LogP contribution in [0.4, 0.5) is 0 Å². The Kier molecular flexibility index (Phi) is 7.30. The van der Waals surface area contributed by atoms with E-state index in [2.05, 4.69) is 11.4 Å². The number of aldehydes is 1. The van der Waals surface area contributed by atoms with Gasteiger partial charge in [-0.25, -0.2) is 0 Å². The molecule has 1 unspecified atom stereocenters. The minimum Gasteiger partial charge on any atom is -0.507 e. The van der Waals surface area contributed by atoms with E-state index in [1.807, 2.05) is 18.2 Å². The molecule has 4 heteroatoms. The van der Waals surface area contributed by atoms with Gasteiger partial charge in [0.2, 0.25) is 0 Å². The maximum Gasteiger partial charge on any atom is 0.123 e. The van der Waals surface area contributed by atoms with Crippen molar-refractivity contribution in [2.75, 3.05) is 13.1 Å². The number of benzene rings is 1. The molecule has 1 saturated heterocycles. The second-order valence-electron chi connectivity index (χ2n) is 5.97. The Labute approximate surface area is 143 Å². The molecule has 0 spiro atoms. The Balaban J connectivity index is 2.40. The van der Waals surface area contributed by atoms with E-state index < -0.39 is 0 Å². The summed E-state index contributed by atoms with van der Waals surface area (Å²) >= 11 is 0. The Morgan fingerprint density at radius 2 is 2.12 bits per heavy atom. The number of nitrogens with two attached hydrogens (primary N) is 1. The van der Waals surface area contributed by atoms with Crippen LogP contribution in [0.15, 0.2) is 54.3 Å². The Morgan fingerprint density at radius 1 is 1.29 bits per heavy atom. The molecule has 0 amide bonds. The van der Waals surface area contributed by atoms with Gasteiger partial charge in [-0.2, -0.15) is 0 Å². The van der Waals surface area contributed by atoms with Crippen molar-refractivity contribution >= 4 is 11.9 Å². The number of phenolic OH excluding ortho intramolecular Hbond substituents is 1. The van der Waals surface area contributed by atoms with Crippen molar-refractivity contribution in [1.29, 1.82) is 0 Å². The quantitative estimate of drug-likeness (QED) is 0.554. The van der Waals surface area contributed by atoms with Crippen LogP contribution in [0.1, 0.15) is 31.2 Å². The fraction of sp³-hybridized carbons (Fsp3) is 0.350. The molecule has 1 aromatic rings. The number of aromatic hydroxyl groups is 1. The highest BCUT2D eigenvalue weighted by atomic mass is 16.3. The zero-order valence-electron chi connectivity index (χ0n) is 13.9. The number of carbonyl (C=O) groups excluding carboxylic acids is 1. The number of allylic oxidation sites excluding steroid dienone is 5. The summed E-state index contributed by atoms with van der Waals surface area (Å²) < 4.78 is 0. The predicted octanol–water partition coefficient (Wildman–Crippen LogP) is 3.15. The lowest BCUT2D eigenvalue weighted by Gasteiger charge is -2.15. The SMILES string of the molecule is N/C=C(\C=C/CC=O)C(=C/C1CCCNCC1)/c1ccccc1O. The molecule has 1 heterocycles. The monoisotopic (exact) mass is 326 g/mol. The van der Waals surface area contributed by atoms with Crippen LogP contribution >= 0.6 is 0 Å². The van der Waals surface area contributed by atoms with Crippen LogP contribution < -0.4 is 11.1 Å². The van der Waals surface area contributed by atoms with E-state index in [0.717, 1.165) is 55.3 Å². The molecule has 0 aromatic heterocycles. The maximum absolute atomic E-state index is 10.6. The topological polar surface area (TPSA) is 75.4 Å². The van der Waals surface area contributed by atoms with Crippen molar-refractivity contribution in [3.63, 3.8) is 0 Å². The first kappa shape index (κ1) is 18.0. The predicted molar refractivity (Wildman–Crippen MR) is 98.4 cm³/mol. The fourth-order valence-corrected chi connectivity index (χ4v) is 2.98. The van der Waals surface area contributed by atoms with E-state index in [-0.39, 0.29) is 5.75 Å². The number of para-hydroxylation sites is 1. The van der Waals surface area contributed by atoms with Crippen LogP contribution in [-0.4, -0.2) is 24.5 Å². The average Bonchev–Trinajstić information content (AvgIpc) is 2.87. The van der Waals surface area contributed by atoms with Gasteiger partial charge in [-0.05, 0) is 55.5 Å². The lowest BCUT2D eigenvalue weighted by atomic mass is 9.90. The number of rotatable bonds is 6. The summed E-state index contributed by atoms with van der Waals surface area (Å²) in [5.74, 6) is 0.669. The van der Waals surface area contributed by atoms with Crippen molar-refractivity contribution in [1.82, 2.24) is 5.32 Å².